The van der Waals surface area contributed by atoms with Gasteiger partial charge in [-0.25, -0.2) is 9.97 Å². The molecule has 9 rings (SSSR count). The summed E-state index contributed by atoms with van der Waals surface area (Å²) in [6.07, 6.45) is 1.68. The highest BCUT2D eigenvalue weighted by Gasteiger charge is 2.17. The Kier molecular flexibility index (Phi) is 5.68. The van der Waals surface area contributed by atoms with Crippen LogP contribution < -0.4 is 0 Å². The number of nitrogens with zero attached hydrogens (tertiary/aromatic N) is 2. The molecule has 0 N–H and O–H groups in total. The SMILES string of the molecule is c1ccc(-c2cccc3c2oc2c(-c4cccc(-c5cccc(-c6ncnc7c6sc6ccccc67)c5)c4)cccc23)cc1. The summed E-state index contributed by atoms with van der Waals surface area (Å²) >= 11 is 1.75. The van der Waals surface area contributed by atoms with E-state index < -0.39 is 0 Å². The van der Waals surface area contributed by atoms with Crippen LogP contribution >= 0.6 is 11.3 Å². The van der Waals surface area contributed by atoms with E-state index in [2.05, 4.69) is 138 Å². The van der Waals surface area contributed by atoms with E-state index in [4.69, 9.17) is 9.40 Å². The molecule has 4 heteroatoms. The van der Waals surface area contributed by atoms with Gasteiger partial charge in [0.15, 0.2) is 0 Å². The number of fused-ring (bicyclic) bond motifs is 6. The minimum absolute atomic E-state index is 0.907. The van der Waals surface area contributed by atoms with Gasteiger partial charge in [-0.15, -0.1) is 11.3 Å². The quantitative estimate of drug-likeness (QED) is 0.208. The molecule has 0 aliphatic rings. The van der Waals surface area contributed by atoms with Crippen molar-refractivity contribution in [3.05, 3.63) is 146 Å². The molecular weight excluding hydrogens is 557 g/mol. The van der Waals surface area contributed by atoms with Crippen LogP contribution in [-0.4, -0.2) is 9.97 Å². The fourth-order valence-corrected chi connectivity index (χ4v) is 7.50. The molecule has 0 saturated heterocycles. The van der Waals surface area contributed by atoms with Crippen LogP contribution in [0.2, 0.25) is 0 Å². The van der Waals surface area contributed by atoms with Gasteiger partial charge in [0.1, 0.15) is 17.5 Å². The number of furan rings is 1. The van der Waals surface area contributed by atoms with Gasteiger partial charge in [0.05, 0.1) is 15.9 Å². The predicted molar refractivity (Wildman–Crippen MR) is 184 cm³/mol. The molecule has 0 amide bonds. The zero-order valence-corrected chi connectivity index (χ0v) is 24.4. The van der Waals surface area contributed by atoms with Gasteiger partial charge in [-0.2, -0.15) is 0 Å². The lowest BCUT2D eigenvalue weighted by molar-refractivity contribution is 0.671. The number of thiophene rings is 1. The van der Waals surface area contributed by atoms with Gasteiger partial charge in [0, 0.05) is 37.5 Å². The highest BCUT2D eigenvalue weighted by molar-refractivity contribution is 7.26. The third kappa shape index (κ3) is 3.96. The first-order chi connectivity index (χ1) is 21.8. The van der Waals surface area contributed by atoms with Gasteiger partial charge in [-0.05, 0) is 40.5 Å². The molecule has 0 unspecified atom stereocenters. The second-order valence-corrected chi connectivity index (χ2v) is 12.0. The molecular formula is C40H24N2OS. The number of rotatable bonds is 4. The Morgan fingerprint density at radius 3 is 1.80 bits per heavy atom. The van der Waals surface area contributed by atoms with E-state index in [-0.39, 0.29) is 0 Å². The molecule has 0 aliphatic heterocycles. The molecule has 0 fully saturated rings. The van der Waals surface area contributed by atoms with E-state index >= 15 is 0 Å². The summed E-state index contributed by atoms with van der Waals surface area (Å²) in [5.74, 6) is 0. The van der Waals surface area contributed by atoms with Crippen molar-refractivity contribution in [2.45, 2.75) is 0 Å². The minimum atomic E-state index is 0.907. The Labute approximate surface area is 257 Å². The lowest BCUT2D eigenvalue weighted by atomic mass is 9.96. The minimum Gasteiger partial charge on any atom is -0.455 e. The topological polar surface area (TPSA) is 38.9 Å². The summed E-state index contributed by atoms with van der Waals surface area (Å²) in [7, 11) is 0. The van der Waals surface area contributed by atoms with Gasteiger partial charge in [-0.3, -0.25) is 0 Å². The molecule has 3 nitrogen and oxygen atoms in total. The van der Waals surface area contributed by atoms with Crippen LogP contribution in [0.4, 0.5) is 0 Å². The van der Waals surface area contributed by atoms with Crippen molar-refractivity contribution in [2.75, 3.05) is 0 Å². The molecule has 206 valence electrons. The van der Waals surface area contributed by atoms with Gasteiger partial charge in [0.2, 0.25) is 0 Å². The summed E-state index contributed by atoms with van der Waals surface area (Å²) in [4.78, 5) is 9.38. The van der Waals surface area contributed by atoms with E-state index in [9.17, 15) is 0 Å². The molecule has 44 heavy (non-hydrogen) atoms. The highest BCUT2D eigenvalue weighted by Crippen LogP contribution is 2.41. The molecule has 9 aromatic rings. The second-order valence-electron chi connectivity index (χ2n) is 11.0. The normalized spacial score (nSPS) is 11.6. The Balaban J connectivity index is 1.16. The maximum atomic E-state index is 6.70. The first-order valence-electron chi connectivity index (χ1n) is 14.6. The third-order valence-corrected chi connectivity index (χ3v) is 9.58. The molecule has 0 saturated carbocycles. The number of aromatic nitrogens is 2. The molecule has 0 radical (unpaired) electrons. The van der Waals surface area contributed by atoms with E-state index in [0.717, 1.165) is 76.8 Å². The van der Waals surface area contributed by atoms with E-state index in [1.54, 1.807) is 17.7 Å². The Bertz CT molecular complexity index is 2510. The lowest BCUT2D eigenvalue weighted by Crippen LogP contribution is -1.87. The van der Waals surface area contributed by atoms with Gasteiger partial charge >= 0.3 is 0 Å². The molecule has 0 atom stereocenters. The predicted octanol–water partition coefficient (Wildman–Crippen LogP) is 11.4. The van der Waals surface area contributed by atoms with Crippen LogP contribution in [0.25, 0.3) is 86.9 Å². The fraction of sp³-hybridized carbons (Fsp3) is 0. The fourth-order valence-electron chi connectivity index (χ4n) is 6.33. The van der Waals surface area contributed by atoms with Crippen molar-refractivity contribution in [3.63, 3.8) is 0 Å². The molecule has 0 bridgehead atoms. The maximum Gasteiger partial charge on any atom is 0.143 e. The number of benzene rings is 6. The molecule has 0 aliphatic carbocycles. The number of para-hydroxylation sites is 2. The van der Waals surface area contributed by atoms with Crippen LogP contribution in [0, 0.1) is 0 Å². The maximum absolute atomic E-state index is 6.70. The van der Waals surface area contributed by atoms with Crippen molar-refractivity contribution in [3.8, 4) is 44.6 Å². The first kappa shape index (κ1) is 25.0. The average Bonchev–Trinajstić information content (AvgIpc) is 3.67. The zero-order chi connectivity index (χ0) is 29.0. The van der Waals surface area contributed by atoms with Crippen molar-refractivity contribution < 1.29 is 4.42 Å². The summed E-state index contributed by atoms with van der Waals surface area (Å²) < 4.78 is 9.04. The lowest BCUT2D eigenvalue weighted by Gasteiger charge is -2.09. The van der Waals surface area contributed by atoms with E-state index in [1.165, 1.54) is 10.1 Å². The largest absolute Gasteiger partial charge is 0.455 e. The summed E-state index contributed by atoms with van der Waals surface area (Å²) in [6, 6.07) is 49.1. The highest BCUT2D eigenvalue weighted by atomic mass is 32.1. The summed E-state index contributed by atoms with van der Waals surface area (Å²) in [5.41, 5.74) is 11.6. The Morgan fingerprint density at radius 2 is 1.02 bits per heavy atom. The number of hydrogen-bond donors (Lipinski definition) is 0. The van der Waals surface area contributed by atoms with Crippen molar-refractivity contribution >= 4 is 53.6 Å². The molecule has 3 heterocycles. The number of hydrogen-bond acceptors (Lipinski definition) is 4. The standard InChI is InChI=1S/C40H24N2OS/c1-2-10-25(11-3-1)30-17-8-19-32-33-20-9-18-31(39(33)43-38(30)32)28-14-6-12-26(22-28)27-13-7-15-29(23-27)36-40-37(42-24-41-36)34-16-4-5-21-35(34)44-40/h1-24H. The summed E-state index contributed by atoms with van der Waals surface area (Å²) in [6.45, 7) is 0. The van der Waals surface area contributed by atoms with Crippen molar-refractivity contribution in [1.29, 1.82) is 0 Å². The molecule has 6 aromatic carbocycles. The van der Waals surface area contributed by atoms with E-state index in [0.29, 0.717) is 0 Å². The van der Waals surface area contributed by atoms with Gasteiger partial charge < -0.3 is 4.42 Å². The van der Waals surface area contributed by atoms with Gasteiger partial charge in [-0.1, -0.05) is 121 Å². The van der Waals surface area contributed by atoms with Crippen LogP contribution in [0.15, 0.2) is 150 Å². The Hall–Kier alpha value is -5.58. The molecule has 3 aromatic heterocycles. The average molecular weight is 581 g/mol. The Morgan fingerprint density at radius 1 is 0.455 bits per heavy atom. The third-order valence-electron chi connectivity index (χ3n) is 8.41. The monoisotopic (exact) mass is 580 g/mol. The van der Waals surface area contributed by atoms with Crippen LogP contribution in [0.5, 0.6) is 0 Å². The smallest absolute Gasteiger partial charge is 0.143 e. The molecule has 0 spiro atoms. The van der Waals surface area contributed by atoms with Crippen molar-refractivity contribution in [1.82, 2.24) is 9.97 Å². The van der Waals surface area contributed by atoms with Crippen LogP contribution in [0.3, 0.4) is 0 Å². The van der Waals surface area contributed by atoms with Crippen LogP contribution in [0.1, 0.15) is 0 Å². The van der Waals surface area contributed by atoms with Crippen LogP contribution in [-0.2, 0) is 0 Å². The summed E-state index contributed by atoms with van der Waals surface area (Å²) in [5, 5.41) is 3.43. The van der Waals surface area contributed by atoms with Crippen molar-refractivity contribution in [2.24, 2.45) is 0 Å². The first-order valence-corrected chi connectivity index (χ1v) is 15.5. The zero-order valence-electron chi connectivity index (χ0n) is 23.6. The van der Waals surface area contributed by atoms with E-state index in [1.807, 2.05) is 6.07 Å². The van der Waals surface area contributed by atoms with Gasteiger partial charge in [0.25, 0.3) is 0 Å². The second kappa shape index (κ2) is 10.0.